The fourth-order valence-corrected chi connectivity index (χ4v) is 3.37. The van der Waals surface area contributed by atoms with Crippen LogP contribution in [0.1, 0.15) is 24.5 Å². The van der Waals surface area contributed by atoms with Gasteiger partial charge in [-0.3, -0.25) is 9.69 Å². The van der Waals surface area contributed by atoms with Crippen LogP contribution in [0.3, 0.4) is 0 Å². The van der Waals surface area contributed by atoms with E-state index in [1.54, 1.807) is 6.26 Å². The van der Waals surface area contributed by atoms with Gasteiger partial charge in [0.05, 0.1) is 25.3 Å². The van der Waals surface area contributed by atoms with Gasteiger partial charge < -0.3 is 14.3 Å². The molecule has 140 valence electrons. The molecular formula is C20H22N4O3. The molecule has 0 bridgehead atoms. The maximum absolute atomic E-state index is 12.5. The summed E-state index contributed by atoms with van der Waals surface area (Å²) in [7, 11) is 0. The third-order valence-electron chi connectivity index (χ3n) is 4.75. The summed E-state index contributed by atoms with van der Waals surface area (Å²) in [6.07, 6.45) is 3.56. The van der Waals surface area contributed by atoms with E-state index < -0.39 is 0 Å². The number of rotatable bonds is 6. The first-order valence-electron chi connectivity index (χ1n) is 9.18. The average Bonchev–Trinajstić information content (AvgIpc) is 3.39. The van der Waals surface area contributed by atoms with Gasteiger partial charge in [-0.1, -0.05) is 35.5 Å². The minimum atomic E-state index is -0.0368. The first-order valence-corrected chi connectivity index (χ1v) is 9.18. The summed E-state index contributed by atoms with van der Waals surface area (Å²) in [5.41, 5.74) is 0.889. The number of carbonyl (C=O) groups excluding carboxylic acids is 1. The second kappa shape index (κ2) is 8.18. The molecule has 0 spiro atoms. The molecule has 2 aromatic heterocycles. The van der Waals surface area contributed by atoms with Gasteiger partial charge >= 0.3 is 0 Å². The third kappa shape index (κ3) is 4.43. The van der Waals surface area contributed by atoms with E-state index in [2.05, 4.69) is 20.4 Å². The van der Waals surface area contributed by atoms with Gasteiger partial charge in [0, 0.05) is 12.1 Å². The SMILES string of the molecule is O=C(NCc1nc(-c2ccccc2)no1)[C@@H]1CCCN(Cc2ccco2)C1. The molecule has 1 aliphatic heterocycles. The van der Waals surface area contributed by atoms with Crippen LogP contribution in [0, 0.1) is 5.92 Å². The number of likely N-dealkylation sites (tertiary alicyclic amines) is 1. The number of carbonyl (C=O) groups is 1. The Morgan fingerprint density at radius 3 is 2.93 bits per heavy atom. The number of furan rings is 1. The largest absolute Gasteiger partial charge is 0.468 e. The van der Waals surface area contributed by atoms with Crippen molar-refractivity contribution in [1.29, 1.82) is 0 Å². The molecule has 7 nitrogen and oxygen atoms in total. The number of piperidine rings is 1. The Morgan fingerprint density at radius 1 is 1.22 bits per heavy atom. The van der Waals surface area contributed by atoms with E-state index >= 15 is 0 Å². The Labute approximate surface area is 157 Å². The summed E-state index contributed by atoms with van der Waals surface area (Å²) in [5.74, 6) is 1.85. The highest BCUT2D eigenvalue weighted by Crippen LogP contribution is 2.19. The van der Waals surface area contributed by atoms with Gasteiger partial charge in [0.15, 0.2) is 0 Å². The Hall–Kier alpha value is -2.93. The predicted molar refractivity (Wildman–Crippen MR) is 98.3 cm³/mol. The lowest BCUT2D eigenvalue weighted by Crippen LogP contribution is -2.42. The van der Waals surface area contributed by atoms with Crippen molar-refractivity contribution in [3.05, 3.63) is 60.4 Å². The van der Waals surface area contributed by atoms with Crippen LogP contribution < -0.4 is 5.32 Å². The van der Waals surface area contributed by atoms with E-state index in [1.165, 1.54) is 0 Å². The van der Waals surface area contributed by atoms with Crippen LogP contribution in [-0.4, -0.2) is 34.0 Å². The van der Waals surface area contributed by atoms with Crippen molar-refractivity contribution >= 4 is 5.91 Å². The lowest BCUT2D eigenvalue weighted by molar-refractivity contribution is -0.127. The summed E-state index contributed by atoms with van der Waals surface area (Å²) in [5, 5.41) is 6.90. The third-order valence-corrected chi connectivity index (χ3v) is 4.75. The van der Waals surface area contributed by atoms with Gasteiger partial charge in [0.25, 0.3) is 0 Å². The Balaban J connectivity index is 1.29. The van der Waals surface area contributed by atoms with Crippen molar-refractivity contribution in [2.75, 3.05) is 13.1 Å². The highest BCUT2D eigenvalue weighted by molar-refractivity contribution is 5.78. The molecule has 4 rings (SSSR count). The topological polar surface area (TPSA) is 84.4 Å². The molecule has 1 aliphatic rings. The summed E-state index contributed by atoms with van der Waals surface area (Å²) < 4.78 is 10.7. The summed E-state index contributed by atoms with van der Waals surface area (Å²) in [4.78, 5) is 19.1. The summed E-state index contributed by atoms with van der Waals surface area (Å²) in [6.45, 7) is 2.69. The maximum Gasteiger partial charge on any atom is 0.246 e. The van der Waals surface area contributed by atoms with Crippen LogP contribution in [-0.2, 0) is 17.9 Å². The maximum atomic E-state index is 12.5. The van der Waals surface area contributed by atoms with Crippen molar-refractivity contribution in [3.8, 4) is 11.4 Å². The van der Waals surface area contributed by atoms with Crippen molar-refractivity contribution in [2.24, 2.45) is 5.92 Å². The second-order valence-electron chi connectivity index (χ2n) is 6.75. The number of hydrogen-bond acceptors (Lipinski definition) is 6. The number of hydrogen-bond donors (Lipinski definition) is 1. The highest BCUT2D eigenvalue weighted by atomic mass is 16.5. The summed E-state index contributed by atoms with van der Waals surface area (Å²) in [6, 6.07) is 13.5. The van der Waals surface area contributed by atoms with Gasteiger partial charge in [-0.2, -0.15) is 4.98 Å². The van der Waals surface area contributed by atoms with Crippen molar-refractivity contribution in [1.82, 2.24) is 20.4 Å². The Bertz CT molecular complexity index is 861. The molecule has 0 saturated carbocycles. The van der Waals surface area contributed by atoms with E-state index in [-0.39, 0.29) is 18.4 Å². The molecular weight excluding hydrogens is 344 g/mol. The molecule has 1 N–H and O–H groups in total. The first kappa shape index (κ1) is 17.5. The highest BCUT2D eigenvalue weighted by Gasteiger charge is 2.26. The second-order valence-corrected chi connectivity index (χ2v) is 6.75. The molecule has 3 heterocycles. The van der Waals surface area contributed by atoms with Crippen LogP contribution in [0.15, 0.2) is 57.7 Å². The lowest BCUT2D eigenvalue weighted by atomic mass is 9.97. The predicted octanol–water partition coefficient (Wildman–Crippen LogP) is 2.86. The van der Waals surface area contributed by atoms with E-state index in [1.807, 2.05) is 42.5 Å². The van der Waals surface area contributed by atoms with Crippen molar-refractivity contribution in [3.63, 3.8) is 0 Å². The smallest absolute Gasteiger partial charge is 0.246 e. The average molecular weight is 366 g/mol. The number of nitrogens with one attached hydrogen (secondary N) is 1. The van der Waals surface area contributed by atoms with Crippen LogP contribution in [0.4, 0.5) is 0 Å². The molecule has 0 radical (unpaired) electrons. The van der Waals surface area contributed by atoms with Crippen molar-refractivity contribution < 1.29 is 13.7 Å². The zero-order chi connectivity index (χ0) is 18.5. The molecule has 3 aromatic rings. The van der Waals surface area contributed by atoms with Gasteiger partial charge in [0.1, 0.15) is 5.76 Å². The van der Waals surface area contributed by atoms with Gasteiger partial charge in [-0.15, -0.1) is 0 Å². The van der Waals surface area contributed by atoms with E-state index in [9.17, 15) is 4.79 Å². The van der Waals surface area contributed by atoms with E-state index in [0.717, 1.165) is 43.8 Å². The minimum Gasteiger partial charge on any atom is -0.468 e. The molecule has 1 aromatic carbocycles. The van der Waals surface area contributed by atoms with Gasteiger partial charge in [-0.25, -0.2) is 0 Å². The van der Waals surface area contributed by atoms with Crippen LogP contribution in [0.5, 0.6) is 0 Å². The van der Waals surface area contributed by atoms with Crippen molar-refractivity contribution in [2.45, 2.75) is 25.9 Å². The van der Waals surface area contributed by atoms with Crippen LogP contribution >= 0.6 is 0 Å². The molecule has 0 aliphatic carbocycles. The lowest BCUT2D eigenvalue weighted by Gasteiger charge is -2.31. The number of nitrogens with zero attached hydrogens (tertiary/aromatic N) is 3. The van der Waals surface area contributed by atoms with Crippen LogP contribution in [0.25, 0.3) is 11.4 Å². The zero-order valence-corrected chi connectivity index (χ0v) is 15.0. The fraction of sp³-hybridized carbons (Fsp3) is 0.350. The minimum absolute atomic E-state index is 0.0265. The Kier molecular flexibility index (Phi) is 5.29. The molecule has 1 amide bonds. The van der Waals surface area contributed by atoms with Gasteiger partial charge in [-0.05, 0) is 31.5 Å². The number of benzene rings is 1. The van der Waals surface area contributed by atoms with Crippen LogP contribution in [0.2, 0.25) is 0 Å². The Morgan fingerprint density at radius 2 is 2.11 bits per heavy atom. The number of amides is 1. The fourth-order valence-electron chi connectivity index (χ4n) is 3.37. The van der Waals surface area contributed by atoms with E-state index in [0.29, 0.717) is 11.7 Å². The summed E-state index contributed by atoms with van der Waals surface area (Å²) >= 11 is 0. The van der Waals surface area contributed by atoms with Gasteiger partial charge in [0.2, 0.25) is 17.6 Å². The normalized spacial score (nSPS) is 17.7. The van der Waals surface area contributed by atoms with E-state index in [4.69, 9.17) is 8.94 Å². The molecule has 0 unspecified atom stereocenters. The molecule has 1 saturated heterocycles. The quantitative estimate of drug-likeness (QED) is 0.722. The standard InChI is InChI=1S/C20H22N4O3/c25-20(16-8-4-10-24(13-16)14-17-9-5-11-26-17)21-12-18-22-19(23-27-18)15-6-2-1-3-7-15/h1-3,5-7,9,11,16H,4,8,10,12-14H2,(H,21,25)/t16-/m1/s1. The molecule has 27 heavy (non-hydrogen) atoms. The number of aromatic nitrogens is 2. The molecule has 1 atom stereocenters. The molecule has 1 fully saturated rings. The molecule has 7 heteroatoms. The monoisotopic (exact) mass is 366 g/mol. The first-order chi connectivity index (χ1) is 13.3. The zero-order valence-electron chi connectivity index (χ0n) is 15.0.